The van der Waals surface area contributed by atoms with E-state index in [1.807, 2.05) is 0 Å². The van der Waals surface area contributed by atoms with Gasteiger partial charge >= 0.3 is 6.85 Å². The summed E-state index contributed by atoms with van der Waals surface area (Å²) >= 11 is 0. The first-order chi connectivity index (χ1) is 26.5. The van der Waals surface area contributed by atoms with Crippen molar-refractivity contribution >= 4 is 94.8 Å². The van der Waals surface area contributed by atoms with Gasteiger partial charge in [0.05, 0.1) is 11.0 Å². The summed E-state index contributed by atoms with van der Waals surface area (Å²) in [6, 6.07) is 47.3. The van der Waals surface area contributed by atoms with Gasteiger partial charge in [-0.15, -0.1) is 0 Å². The molecule has 10 aromatic rings. The highest BCUT2D eigenvalue weighted by atomic mass is 16.3. The Balaban J connectivity index is 1.27. The molecule has 0 saturated heterocycles. The molecule has 3 aromatic heterocycles. The minimum atomic E-state index is -0.0759. The Hall–Kier alpha value is -6.20. The minimum Gasteiger partial charge on any atom is -0.456 e. The molecule has 5 heteroatoms. The Morgan fingerprint density at radius 2 is 1.18 bits per heavy atom. The van der Waals surface area contributed by atoms with Crippen LogP contribution in [-0.2, 0) is 10.8 Å². The number of hydrogen-bond donors (Lipinski definition) is 0. The summed E-state index contributed by atoms with van der Waals surface area (Å²) in [5, 5.41) is 7.09. The molecular formula is C50H39BN2O2. The second-order valence-corrected chi connectivity index (χ2v) is 17.7. The molecule has 0 spiro atoms. The summed E-state index contributed by atoms with van der Waals surface area (Å²) in [5.41, 5.74) is 17.5. The van der Waals surface area contributed by atoms with E-state index in [0.29, 0.717) is 0 Å². The fourth-order valence-electron chi connectivity index (χ4n) is 9.79. The third kappa shape index (κ3) is 4.08. The van der Waals surface area contributed by atoms with Gasteiger partial charge in [-0.3, -0.25) is 0 Å². The van der Waals surface area contributed by atoms with Crippen LogP contribution in [0.15, 0.2) is 136 Å². The van der Waals surface area contributed by atoms with Gasteiger partial charge in [-0.05, 0) is 93.0 Å². The van der Waals surface area contributed by atoms with Crippen LogP contribution in [0.2, 0.25) is 0 Å². The van der Waals surface area contributed by atoms with E-state index in [4.69, 9.17) is 8.83 Å². The molecule has 0 aliphatic carbocycles. The van der Waals surface area contributed by atoms with Gasteiger partial charge in [0.1, 0.15) is 22.3 Å². The molecule has 0 fully saturated rings. The Kier molecular flexibility index (Phi) is 5.84. The first-order valence-electron chi connectivity index (χ1n) is 19.5. The van der Waals surface area contributed by atoms with E-state index >= 15 is 0 Å². The number of aromatic nitrogens is 1. The first-order valence-corrected chi connectivity index (χ1v) is 19.5. The van der Waals surface area contributed by atoms with Gasteiger partial charge in [0.15, 0.2) is 0 Å². The van der Waals surface area contributed by atoms with Gasteiger partial charge in [0.2, 0.25) is 0 Å². The number of furan rings is 2. The smallest absolute Gasteiger partial charge is 0.333 e. The van der Waals surface area contributed by atoms with E-state index in [2.05, 4.69) is 178 Å². The maximum absolute atomic E-state index is 6.58. The van der Waals surface area contributed by atoms with Gasteiger partial charge in [-0.1, -0.05) is 114 Å². The van der Waals surface area contributed by atoms with Crippen LogP contribution in [0.1, 0.15) is 52.7 Å². The van der Waals surface area contributed by atoms with E-state index in [0.717, 1.165) is 38.5 Å². The van der Waals surface area contributed by atoms with Gasteiger partial charge in [0, 0.05) is 54.9 Å². The molecule has 55 heavy (non-hydrogen) atoms. The van der Waals surface area contributed by atoms with Crippen molar-refractivity contribution in [2.75, 3.05) is 4.81 Å². The molecule has 0 N–H and O–H groups in total. The molecule has 0 unspecified atom stereocenters. The lowest BCUT2D eigenvalue weighted by Crippen LogP contribution is -2.60. The zero-order valence-electron chi connectivity index (χ0n) is 31.9. The van der Waals surface area contributed by atoms with Crippen molar-refractivity contribution < 1.29 is 8.83 Å². The number of anilines is 2. The summed E-state index contributed by atoms with van der Waals surface area (Å²) in [7, 11) is 0. The second kappa shape index (κ2) is 10.3. The highest BCUT2D eigenvalue weighted by Crippen LogP contribution is 2.49. The van der Waals surface area contributed by atoms with Crippen molar-refractivity contribution in [1.29, 1.82) is 0 Å². The predicted molar refractivity (Wildman–Crippen MR) is 232 cm³/mol. The van der Waals surface area contributed by atoms with Crippen LogP contribution in [0.5, 0.6) is 0 Å². The van der Waals surface area contributed by atoms with Crippen molar-refractivity contribution in [2.45, 2.75) is 52.4 Å². The lowest BCUT2D eigenvalue weighted by atomic mass is 9.43. The molecule has 2 aliphatic heterocycles. The Labute approximate surface area is 319 Å². The number of benzene rings is 7. The Morgan fingerprint density at radius 1 is 0.491 bits per heavy atom. The quantitative estimate of drug-likeness (QED) is 0.159. The Bertz CT molecular complexity index is 3290. The normalized spacial score (nSPS) is 13.9. The molecule has 5 heterocycles. The van der Waals surface area contributed by atoms with E-state index in [1.165, 1.54) is 77.4 Å². The standard InChI is InChI=1S/C50H39BN2O2/c1-49(2,3)28-15-18-30(19-16-28)53-40-26-36-31-11-7-9-13-41(31)55-44(36)27-35(40)32-20-21-34-45-39(23-24-43-46(45)33-12-8-10-14-42(33)54-43)52-38-22-17-29(50(4,5)6)25-37(38)51(53)47(32)48(34)52/h7-27H,1-6H3. The van der Waals surface area contributed by atoms with Gasteiger partial charge in [0.25, 0.3) is 0 Å². The summed E-state index contributed by atoms with van der Waals surface area (Å²) < 4.78 is 15.6. The molecular weight excluding hydrogens is 671 g/mol. The van der Waals surface area contributed by atoms with E-state index in [-0.39, 0.29) is 17.7 Å². The second-order valence-electron chi connectivity index (χ2n) is 17.7. The number of fused-ring (bicyclic) bond motifs is 15. The third-order valence-electron chi connectivity index (χ3n) is 12.5. The summed E-state index contributed by atoms with van der Waals surface area (Å²) in [4.78, 5) is 2.63. The fraction of sp³-hybridized carbons (Fsp3) is 0.160. The summed E-state index contributed by atoms with van der Waals surface area (Å²) in [6.45, 7) is 13.7. The molecule has 2 aliphatic rings. The van der Waals surface area contributed by atoms with Crippen LogP contribution in [0.4, 0.5) is 11.4 Å². The van der Waals surface area contributed by atoms with Crippen molar-refractivity contribution in [3.05, 3.63) is 139 Å². The third-order valence-corrected chi connectivity index (χ3v) is 12.5. The number of nitrogens with zero attached hydrogens (tertiary/aromatic N) is 2. The van der Waals surface area contributed by atoms with Crippen LogP contribution >= 0.6 is 0 Å². The number of para-hydroxylation sites is 2. The average molecular weight is 711 g/mol. The molecule has 264 valence electrons. The highest BCUT2D eigenvalue weighted by Gasteiger charge is 2.45. The van der Waals surface area contributed by atoms with Crippen molar-refractivity contribution in [1.82, 2.24) is 4.57 Å². The van der Waals surface area contributed by atoms with Crippen molar-refractivity contribution in [2.24, 2.45) is 0 Å². The lowest BCUT2D eigenvalue weighted by Gasteiger charge is -2.42. The van der Waals surface area contributed by atoms with Gasteiger partial charge < -0.3 is 18.2 Å². The van der Waals surface area contributed by atoms with E-state index in [9.17, 15) is 0 Å². The average Bonchev–Trinajstić information content (AvgIpc) is 3.85. The first kappa shape index (κ1) is 31.2. The summed E-state index contributed by atoms with van der Waals surface area (Å²) in [5.74, 6) is 0. The van der Waals surface area contributed by atoms with E-state index in [1.54, 1.807) is 0 Å². The molecule has 0 atom stereocenters. The van der Waals surface area contributed by atoms with Gasteiger partial charge in [-0.2, -0.15) is 0 Å². The molecule has 0 saturated carbocycles. The van der Waals surface area contributed by atoms with Crippen LogP contribution in [0, 0.1) is 0 Å². The van der Waals surface area contributed by atoms with Crippen LogP contribution in [0.25, 0.3) is 82.5 Å². The lowest BCUT2D eigenvalue weighted by molar-refractivity contribution is 0.590. The van der Waals surface area contributed by atoms with Crippen molar-refractivity contribution in [3.8, 4) is 16.8 Å². The maximum Gasteiger partial charge on any atom is 0.333 e. The number of hydrogen-bond acceptors (Lipinski definition) is 3. The van der Waals surface area contributed by atoms with E-state index < -0.39 is 0 Å². The van der Waals surface area contributed by atoms with Crippen LogP contribution < -0.4 is 15.7 Å². The van der Waals surface area contributed by atoms with Crippen molar-refractivity contribution in [3.63, 3.8) is 0 Å². The number of rotatable bonds is 1. The van der Waals surface area contributed by atoms with Gasteiger partial charge in [-0.25, -0.2) is 0 Å². The minimum absolute atomic E-state index is 0.0294. The maximum atomic E-state index is 6.58. The zero-order chi connectivity index (χ0) is 37.1. The SMILES string of the molecule is CC(C)(C)c1ccc(N2B3c4cc(C(C)(C)C)ccc4-n4c5ccc6oc7ccccc7c6c5c5ccc(c3c54)-c3cc4oc5ccccc5c4cc32)cc1. The molecule has 12 rings (SSSR count). The largest absolute Gasteiger partial charge is 0.456 e. The highest BCUT2D eigenvalue weighted by molar-refractivity contribution is 6.93. The molecule has 0 amide bonds. The van der Waals surface area contributed by atoms with Crippen LogP contribution in [-0.4, -0.2) is 11.4 Å². The monoisotopic (exact) mass is 710 g/mol. The Morgan fingerprint density at radius 3 is 1.95 bits per heavy atom. The molecule has 0 bridgehead atoms. The fourth-order valence-corrected chi connectivity index (χ4v) is 9.79. The molecule has 4 nitrogen and oxygen atoms in total. The molecule has 7 aromatic carbocycles. The van der Waals surface area contributed by atoms with Crippen LogP contribution in [0.3, 0.4) is 0 Å². The molecule has 0 radical (unpaired) electrons. The topological polar surface area (TPSA) is 34.5 Å². The zero-order valence-corrected chi connectivity index (χ0v) is 31.9. The predicted octanol–water partition coefficient (Wildman–Crippen LogP) is 12.4. The summed E-state index contributed by atoms with van der Waals surface area (Å²) in [6.07, 6.45) is 0.